The number of hydrogen-bond acceptors (Lipinski definition) is 1. The summed E-state index contributed by atoms with van der Waals surface area (Å²) in [6.45, 7) is 4.34. The topological polar surface area (TPSA) is 12.0 Å². The minimum atomic E-state index is 0.422. The van der Waals surface area contributed by atoms with Crippen molar-refractivity contribution in [2.45, 2.75) is 32.7 Å². The third kappa shape index (κ3) is 2.30. The molecule has 1 aliphatic rings. The van der Waals surface area contributed by atoms with Crippen molar-refractivity contribution in [3.8, 4) is 0 Å². The molecule has 0 heterocycles. The fourth-order valence-corrected chi connectivity index (χ4v) is 3.68. The van der Waals surface area contributed by atoms with Crippen LogP contribution in [0.1, 0.15) is 34.7 Å². The molecule has 0 fully saturated rings. The number of rotatable bonds is 2. The molecule has 1 unspecified atom stereocenters. The van der Waals surface area contributed by atoms with Gasteiger partial charge < -0.3 is 5.32 Å². The maximum Gasteiger partial charge on any atom is 0.0531 e. The van der Waals surface area contributed by atoms with Crippen LogP contribution in [-0.4, -0.2) is 0 Å². The quantitative estimate of drug-likeness (QED) is 0.806. The Bertz CT molecular complexity index is 598. The average Bonchev–Trinajstić information content (AvgIpc) is 2.79. The Hall–Kier alpha value is -1.28. The van der Waals surface area contributed by atoms with E-state index in [2.05, 4.69) is 71.5 Å². The number of nitrogens with one attached hydrogen (secondary N) is 1. The van der Waals surface area contributed by atoms with Gasteiger partial charge in [-0.2, -0.15) is 0 Å². The molecule has 0 spiro atoms. The van der Waals surface area contributed by atoms with Crippen molar-refractivity contribution in [1.82, 2.24) is 0 Å². The number of fused-ring (bicyclic) bond motifs is 1. The lowest BCUT2D eigenvalue weighted by atomic mass is 10.1. The van der Waals surface area contributed by atoms with Crippen LogP contribution in [0.15, 0.2) is 40.9 Å². The van der Waals surface area contributed by atoms with Gasteiger partial charge in [-0.05, 0) is 55.0 Å². The zero-order valence-electron chi connectivity index (χ0n) is 11.3. The Labute approximate surface area is 123 Å². The molecule has 2 aromatic rings. The number of para-hydroxylation sites is 1. The van der Waals surface area contributed by atoms with E-state index in [4.69, 9.17) is 0 Å². The van der Waals surface area contributed by atoms with Crippen LogP contribution in [0.4, 0.5) is 5.69 Å². The fraction of sp³-hybridized carbons (Fsp3) is 0.294. The first-order valence-electron chi connectivity index (χ1n) is 6.77. The molecule has 3 rings (SSSR count). The van der Waals surface area contributed by atoms with Gasteiger partial charge in [-0.25, -0.2) is 0 Å². The monoisotopic (exact) mass is 315 g/mol. The van der Waals surface area contributed by atoms with Gasteiger partial charge in [-0.1, -0.05) is 46.3 Å². The highest BCUT2D eigenvalue weighted by atomic mass is 79.9. The van der Waals surface area contributed by atoms with Crippen molar-refractivity contribution in [1.29, 1.82) is 0 Å². The SMILES string of the molecule is Cc1cccc(C)c1NC1CCc2cccc(Br)c21. The van der Waals surface area contributed by atoms with E-state index < -0.39 is 0 Å². The van der Waals surface area contributed by atoms with E-state index in [1.54, 1.807) is 0 Å². The van der Waals surface area contributed by atoms with Crippen LogP contribution < -0.4 is 5.32 Å². The zero-order chi connectivity index (χ0) is 13.4. The van der Waals surface area contributed by atoms with E-state index in [0.717, 1.165) is 6.42 Å². The molecule has 0 saturated carbocycles. The van der Waals surface area contributed by atoms with Gasteiger partial charge >= 0.3 is 0 Å². The third-order valence-corrected chi connectivity index (χ3v) is 4.69. The highest BCUT2D eigenvalue weighted by Gasteiger charge is 2.25. The molecule has 98 valence electrons. The second kappa shape index (κ2) is 5.01. The lowest BCUT2D eigenvalue weighted by Crippen LogP contribution is -2.10. The number of halogens is 1. The largest absolute Gasteiger partial charge is 0.378 e. The Morgan fingerprint density at radius 2 is 1.74 bits per heavy atom. The molecule has 1 atom stereocenters. The summed E-state index contributed by atoms with van der Waals surface area (Å²) in [7, 11) is 0. The van der Waals surface area contributed by atoms with Crippen molar-refractivity contribution in [3.63, 3.8) is 0 Å². The Morgan fingerprint density at radius 3 is 2.47 bits per heavy atom. The van der Waals surface area contributed by atoms with Gasteiger partial charge in [-0.3, -0.25) is 0 Å². The van der Waals surface area contributed by atoms with Gasteiger partial charge in [0.25, 0.3) is 0 Å². The van der Waals surface area contributed by atoms with Crippen molar-refractivity contribution in [2.75, 3.05) is 5.32 Å². The molecule has 19 heavy (non-hydrogen) atoms. The van der Waals surface area contributed by atoms with Crippen molar-refractivity contribution >= 4 is 21.6 Å². The predicted octanol–water partition coefficient (Wildman–Crippen LogP) is 5.17. The summed E-state index contributed by atoms with van der Waals surface area (Å²) in [4.78, 5) is 0. The molecule has 0 bridgehead atoms. The molecule has 1 nitrogen and oxygen atoms in total. The summed E-state index contributed by atoms with van der Waals surface area (Å²) in [5.41, 5.74) is 6.83. The number of hydrogen-bond donors (Lipinski definition) is 1. The molecule has 0 aromatic heterocycles. The lowest BCUT2D eigenvalue weighted by molar-refractivity contribution is 0.758. The van der Waals surface area contributed by atoms with E-state index in [0.29, 0.717) is 6.04 Å². The highest BCUT2D eigenvalue weighted by molar-refractivity contribution is 9.10. The molecule has 0 radical (unpaired) electrons. The van der Waals surface area contributed by atoms with Crippen LogP contribution in [0, 0.1) is 13.8 Å². The second-order valence-corrected chi connectivity index (χ2v) is 6.17. The molecular formula is C17H18BrN. The standard InChI is InChI=1S/C17H18BrN/c1-11-5-3-6-12(2)17(11)19-15-10-9-13-7-4-8-14(18)16(13)15/h3-8,15,19H,9-10H2,1-2H3. The third-order valence-electron chi connectivity index (χ3n) is 3.99. The van der Waals surface area contributed by atoms with Gasteiger partial charge in [0.15, 0.2) is 0 Å². The smallest absolute Gasteiger partial charge is 0.0531 e. The zero-order valence-corrected chi connectivity index (χ0v) is 12.9. The van der Waals surface area contributed by atoms with Gasteiger partial charge in [0.05, 0.1) is 6.04 Å². The molecule has 1 N–H and O–H groups in total. The minimum absolute atomic E-state index is 0.422. The summed E-state index contributed by atoms with van der Waals surface area (Å²) in [5, 5.41) is 3.74. The van der Waals surface area contributed by atoms with Crippen molar-refractivity contribution in [3.05, 3.63) is 63.1 Å². The predicted molar refractivity (Wildman–Crippen MR) is 84.7 cm³/mol. The van der Waals surface area contributed by atoms with Gasteiger partial charge in [0.1, 0.15) is 0 Å². The van der Waals surface area contributed by atoms with Crippen LogP contribution in [-0.2, 0) is 6.42 Å². The van der Waals surface area contributed by atoms with Crippen LogP contribution in [0.5, 0.6) is 0 Å². The van der Waals surface area contributed by atoms with E-state index in [9.17, 15) is 0 Å². The first kappa shape index (κ1) is 12.7. The van der Waals surface area contributed by atoms with Gasteiger partial charge in [-0.15, -0.1) is 0 Å². The van der Waals surface area contributed by atoms with Crippen molar-refractivity contribution < 1.29 is 0 Å². The summed E-state index contributed by atoms with van der Waals surface area (Å²) >= 11 is 3.70. The van der Waals surface area contributed by atoms with Crippen LogP contribution in [0.2, 0.25) is 0 Å². The van der Waals surface area contributed by atoms with E-state index >= 15 is 0 Å². The molecule has 0 saturated heterocycles. The molecule has 0 aliphatic heterocycles. The number of anilines is 1. The molecule has 1 aliphatic carbocycles. The lowest BCUT2D eigenvalue weighted by Gasteiger charge is -2.20. The van der Waals surface area contributed by atoms with Gasteiger partial charge in [0, 0.05) is 10.2 Å². The minimum Gasteiger partial charge on any atom is -0.378 e. The van der Waals surface area contributed by atoms with Crippen LogP contribution in [0.3, 0.4) is 0 Å². The normalized spacial score (nSPS) is 17.3. The molecule has 0 amide bonds. The average molecular weight is 316 g/mol. The van der Waals surface area contributed by atoms with Crippen molar-refractivity contribution in [2.24, 2.45) is 0 Å². The van der Waals surface area contributed by atoms with Crippen LogP contribution in [0.25, 0.3) is 0 Å². The molecule has 2 aromatic carbocycles. The first-order valence-corrected chi connectivity index (χ1v) is 7.56. The summed E-state index contributed by atoms with van der Waals surface area (Å²) < 4.78 is 1.23. The summed E-state index contributed by atoms with van der Waals surface area (Å²) in [5.74, 6) is 0. The summed E-state index contributed by atoms with van der Waals surface area (Å²) in [6, 6.07) is 13.4. The molecular weight excluding hydrogens is 298 g/mol. The Kier molecular flexibility index (Phi) is 3.36. The van der Waals surface area contributed by atoms with Gasteiger partial charge in [0.2, 0.25) is 0 Å². The second-order valence-electron chi connectivity index (χ2n) is 5.32. The number of aryl methyl sites for hydroxylation is 3. The highest BCUT2D eigenvalue weighted by Crippen LogP contribution is 2.39. The maximum atomic E-state index is 3.74. The van der Waals surface area contributed by atoms with E-state index in [1.165, 1.54) is 38.8 Å². The Morgan fingerprint density at radius 1 is 1.05 bits per heavy atom. The first-order chi connectivity index (χ1) is 9.16. The van der Waals surface area contributed by atoms with E-state index in [-0.39, 0.29) is 0 Å². The van der Waals surface area contributed by atoms with E-state index in [1.807, 2.05) is 0 Å². The molecule has 2 heteroatoms. The van der Waals surface area contributed by atoms with Crippen LogP contribution >= 0.6 is 15.9 Å². The number of benzene rings is 2. The fourth-order valence-electron chi connectivity index (χ4n) is 2.99. The summed E-state index contributed by atoms with van der Waals surface area (Å²) in [6.07, 6.45) is 2.34. The maximum absolute atomic E-state index is 3.74. The Balaban J connectivity index is 1.95.